The largest absolute Gasteiger partial charge is 0.497 e. The van der Waals surface area contributed by atoms with E-state index in [4.69, 9.17) is 9.26 Å². The zero-order chi connectivity index (χ0) is 17.9. The lowest BCUT2D eigenvalue weighted by atomic mass is 10.1. The first kappa shape index (κ1) is 16.3. The van der Waals surface area contributed by atoms with Crippen molar-refractivity contribution in [3.63, 3.8) is 0 Å². The van der Waals surface area contributed by atoms with Crippen LogP contribution in [0.2, 0.25) is 0 Å². The van der Waals surface area contributed by atoms with Crippen LogP contribution in [0.3, 0.4) is 0 Å². The number of carbonyl (C=O) groups is 1. The molecule has 0 bridgehead atoms. The lowest BCUT2D eigenvalue weighted by molar-refractivity contribution is -0.129. The Hall–Kier alpha value is -3.22. The van der Waals surface area contributed by atoms with Crippen molar-refractivity contribution in [2.24, 2.45) is 0 Å². The van der Waals surface area contributed by atoms with Gasteiger partial charge in [-0.3, -0.25) is 9.78 Å². The van der Waals surface area contributed by atoms with Crippen molar-refractivity contribution in [2.75, 3.05) is 7.11 Å². The molecule has 0 saturated carbocycles. The molecule has 1 aliphatic heterocycles. The first-order chi connectivity index (χ1) is 12.7. The number of aromatic nitrogens is 3. The van der Waals surface area contributed by atoms with Crippen molar-refractivity contribution in [1.29, 1.82) is 0 Å². The fraction of sp³-hybridized carbons (Fsp3) is 0.263. The summed E-state index contributed by atoms with van der Waals surface area (Å²) in [7, 11) is 1.63. The smallest absolute Gasteiger partial charge is 0.249 e. The molecule has 1 saturated heterocycles. The van der Waals surface area contributed by atoms with Gasteiger partial charge in [-0.2, -0.15) is 4.98 Å². The van der Waals surface area contributed by atoms with E-state index in [0.29, 0.717) is 31.1 Å². The summed E-state index contributed by atoms with van der Waals surface area (Å²) in [5.41, 5.74) is 1.86. The molecule has 7 nitrogen and oxygen atoms in total. The Labute approximate surface area is 150 Å². The molecule has 0 aliphatic carbocycles. The first-order valence-electron chi connectivity index (χ1n) is 8.41. The molecule has 132 valence electrons. The quantitative estimate of drug-likeness (QED) is 0.703. The zero-order valence-corrected chi connectivity index (χ0v) is 14.3. The van der Waals surface area contributed by atoms with Crippen LogP contribution in [-0.2, 0) is 11.3 Å². The summed E-state index contributed by atoms with van der Waals surface area (Å²) >= 11 is 0. The number of rotatable bonds is 5. The third-order valence-electron chi connectivity index (χ3n) is 4.51. The lowest BCUT2D eigenvalue weighted by Gasteiger charge is -2.22. The maximum atomic E-state index is 12.4. The average Bonchev–Trinajstić information content (AvgIpc) is 3.31. The highest BCUT2D eigenvalue weighted by molar-refractivity contribution is 5.78. The molecule has 1 atom stereocenters. The van der Waals surface area contributed by atoms with E-state index >= 15 is 0 Å². The Kier molecular flexibility index (Phi) is 4.35. The molecular weight excluding hydrogens is 332 g/mol. The van der Waals surface area contributed by atoms with Crippen LogP contribution >= 0.6 is 0 Å². The monoisotopic (exact) mass is 350 g/mol. The SMILES string of the molecule is COc1ccc(CN2C(=O)CCC2c2nc(-c3ccncc3)no2)cc1. The van der Waals surface area contributed by atoms with Gasteiger partial charge < -0.3 is 14.2 Å². The van der Waals surface area contributed by atoms with E-state index in [2.05, 4.69) is 15.1 Å². The minimum Gasteiger partial charge on any atom is -0.497 e. The summed E-state index contributed by atoms with van der Waals surface area (Å²) in [6, 6.07) is 11.1. The Balaban J connectivity index is 1.55. The minimum absolute atomic E-state index is 0.0921. The third kappa shape index (κ3) is 3.15. The predicted octanol–water partition coefficient (Wildman–Crippen LogP) is 3.00. The number of likely N-dealkylation sites (tertiary alicyclic amines) is 1. The summed E-state index contributed by atoms with van der Waals surface area (Å²) < 4.78 is 10.6. The van der Waals surface area contributed by atoms with Gasteiger partial charge in [0, 0.05) is 30.9 Å². The van der Waals surface area contributed by atoms with Crippen molar-refractivity contribution in [2.45, 2.75) is 25.4 Å². The zero-order valence-electron chi connectivity index (χ0n) is 14.3. The third-order valence-corrected chi connectivity index (χ3v) is 4.51. The van der Waals surface area contributed by atoms with Crippen molar-refractivity contribution in [1.82, 2.24) is 20.0 Å². The highest BCUT2D eigenvalue weighted by atomic mass is 16.5. The Morgan fingerprint density at radius 1 is 1.19 bits per heavy atom. The van der Waals surface area contributed by atoms with E-state index in [1.54, 1.807) is 24.4 Å². The second-order valence-electron chi connectivity index (χ2n) is 6.12. The highest BCUT2D eigenvalue weighted by Crippen LogP contribution is 2.34. The van der Waals surface area contributed by atoms with Gasteiger partial charge in [-0.25, -0.2) is 0 Å². The topological polar surface area (TPSA) is 81.4 Å². The van der Waals surface area contributed by atoms with Crippen molar-refractivity contribution < 1.29 is 14.1 Å². The maximum absolute atomic E-state index is 12.4. The van der Waals surface area contributed by atoms with Gasteiger partial charge in [-0.05, 0) is 36.2 Å². The van der Waals surface area contributed by atoms with Gasteiger partial charge in [0.15, 0.2) is 0 Å². The van der Waals surface area contributed by atoms with Gasteiger partial charge in [0.2, 0.25) is 17.6 Å². The number of carbonyl (C=O) groups excluding carboxylic acids is 1. The molecule has 26 heavy (non-hydrogen) atoms. The number of benzene rings is 1. The normalized spacial score (nSPS) is 16.9. The standard InChI is InChI=1S/C19H18N4O3/c1-25-15-4-2-13(3-5-15)12-23-16(6-7-17(23)24)19-21-18(22-26-19)14-8-10-20-11-9-14/h2-5,8-11,16H,6-7,12H2,1H3. The van der Waals surface area contributed by atoms with Crippen molar-refractivity contribution in [3.05, 3.63) is 60.2 Å². The van der Waals surface area contributed by atoms with Crippen molar-refractivity contribution in [3.8, 4) is 17.1 Å². The number of pyridine rings is 1. The molecule has 1 aromatic carbocycles. The molecule has 1 unspecified atom stereocenters. The van der Waals surface area contributed by atoms with Crippen molar-refractivity contribution >= 4 is 5.91 Å². The van der Waals surface area contributed by atoms with Gasteiger partial charge in [-0.15, -0.1) is 0 Å². The molecule has 1 fully saturated rings. The van der Waals surface area contributed by atoms with Crippen LogP contribution in [0, 0.1) is 0 Å². The number of hydrogen-bond donors (Lipinski definition) is 0. The van der Waals surface area contributed by atoms with Crippen LogP contribution in [0.15, 0.2) is 53.3 Å². The summed E-state index contributed by atoms with van der Waals surface area (Å²) in [5.74, 6) is 1.86. The van der Waals surface area contributed by atoms with E-state index < -0.39 is 0 Å². The van der Waals surface area contributed by atoms with Crippen LogP contribution in [0.25, 0.3) is 11.4 Å². The number of methoxy groups -OCH3 is 1. The molecule has 1 amide bonds. The van der Waals surface area contributed by atoms with Crippen LogP contribution < -0.4 is 4.74 Å². The van der Waals surface area contributed by atoms with Gasteiger partial charge in [-0.1, -0.05) is 17.3 Å². The highest BCUT2D eigenvalue weighted by Gasteiger charge is 2.36. The van der Waals surface area contributed by atoms with Crippen LogP contribution in [-0.4, -0.2) is 33.0 Å². The summed E-state index contributed by atoms with van der Waals surface area (Å²) in [5, 5.41) is 4.05. The molecule has 0 radical (unpaired) electrons. The number of ether oxygens (including phenoxy) is 1. The van der Waals surface area contributed by atoms with E-state index in [1.807, 2.05) is 36.4 Å². The second kappa shape index (κ2) is 6.95. The van der Waals surface area contributed by atoms with Gasteiger partial charge in [0.05, 0.1) is 7.11 Å². The number of amides is 1. The molecule has 0 spiro atoms. The second-order valence-corrected chi connectivity index (χ2v) is 6.12. The Morgan fingerprint density at radius 2 is 1.96 bits per heavy atom. The molecule has 1 aliphatic rings. The first-order valence-corrected chi connectivity index (χ1v) is 8.41. The van der Waals surface area contributed by atoms with Crippen LogP contribution in [0.1, 0.15) is 30.3 Å². The molecule has 0 N–H and O–H groups in total. The fourth-order valence-electron chi connectivity index (χ4n) is 3.11. The molecule has 7 heteroatoms. The molecule has 3 heterocycles. The molecule has 3 aromatic rings. The van der Waals surface area contributed by atoms with Gasteiger partial charge in [0.1, 0.15) is 11.8 Å². The molecular formula is C19H18N4O3. The Morgan fingerprint density at radius 3 is 2.69 bits per heavy atom. The van der Waals surface area contributed by atoms with Gasteiger partial charge >= 0.3 is 0 Å². The predicted molar refractivity (Wildman–Crippen MR) is 93.0 cm³/mol. The van der Waals surface area contributed by atoms with Crippen LogP contribution in [0.4, 0.5) is 0 Å². The summed E-state index contributed by atoms with van der Waals surface area (Å²) in [4.78, 5) is 22.6. The van der Waals surface area contributed by atoms with E-state index in [1.165, 1.54) is 0 Å². The van der Waals surface area contributed by atoms with E-state index in [0.717, 1.165) is 16.9 Å². The molecule has 4 rings (SSSR count). The fourth-order valence-corrected chi connectivity index (χ4v) is 3.11. The maximum Gasteiger partial charge on any atom is 0.249 e. The van der Waals surface area contributed by atoms with E-state index in [9.17, 15) is 4.79 Å². The summed E-state index contributed by atoms with van der Waals surface area (Å²) in [6.07, 6.45) is 4.52. The number of hydrogen-bond acceptors (Lipinski definition) is 6. The Bertz CT molecular complexity index is 893. The number of nitrogens with zero attached hydrogens (tertiary/aromatic N) is 4. The summed E-state index contributed by atoms with van der Waals surface area (Å²) in [6.45, 7) is 0.500. The van der Waals surface area contributed by atoms with E-state index in [-0.39, 0.29) is 11.9 Å². The van der Waals surface area contributed by atoms with Crippen LogP contribution in [0.5, 0.6) is 5.75 Å². The molecule has 2 aromatic heterocycles. The average molecular weight is 350 g/mol. The van der Waals surface area contributed by atoms with Gasteiger partial charge in [0.25, 0.3) is 0 Å². The lowest BCUT2D eigenvalue weighted by Crippen LogP contribution is -2.27. The minimum atomic E-state index is -0.201.